The first kappa shape index (κ1) is 22.5. The van der Waals surface area contributed by atoms with Gasteiger partial charge < -0.3 is 5.32 Å². The average Bonchev–Trinajstić information content (AvgIpc) is 2.64. The van der Waals surface area contributed by atoms with E-state index in [0.717, 1.165) is 33.5 Å². The summed E-state index contributed by atoms with van der Waals surface area (Å²) in [6.07, 6.45) is 0. The maximum absolute atomic E-state index is 13.2. The quantitative estimate of drug-likeness (QED) is 0.793. The van der Waals surface area contributed by atoms with Crippen LogP contribution < -0.4 is 5.32 Å². The summed E-state index contributed by atoms with van der Waals surface area (Å²) in [5.74, 6) is -0.0751. The third-order valence-corrected chi connectivity index (χ3v) is 7.85. The largest absolute Gasteiger partial charge is 0.324 e. The normalized spacial score (nSPS) is 15.9. The molecule has 162 valence electrons. The predicted octanol–water partition coefficient (Wildman–Crippen LogP) is 3.17. The summed E-state index contributed by atoms with van der Waals surface area (Å²) in [7, 11) is -3.55. The standard InChI is InChI=1S/C23H31N3O3S/c1-16-13-19(4)23(20(5)14-16)30(28,29)26-11-9-25(10-12-26)15-21(27)24-22-17(2)7-6-8-18(22)3/h6-8,13-14H,9-12,15H2,1-5H3,(H,24,27). The lowest BCUT2D eigenvalue weighted by molar-refractivity contribution is -0.117. The van der Waals surface area contributed by atoms with Crippen molar-refractivity contribution in [3.8, 4) is 0 Å². The van der Waals surface area contributed by atoms with Gasteiger partial charge in [-0.05, 0) is 56.9 Å². The monoisotopic (exact) mass is 429 g/mol. The zero-order valence-electron chi connectivity index (χ0n) is 18.4. The van der Waals surface area contributed by atoms with Crippen molar-refractivity contribution in [1.82, 2.24) is 9.21 Å². The Kier molecular flexibility index (Phi) is 6.65. The second-order valence-corrected chi connectivity index (χ2v) is 10.1. The van der Waals surface area contributed by atoms with Crippen LogP contribution in [-0.2, 0) is 14.8 Å². The second-order valence-electron chi connectivity index (χ2n) is 8.22. The Balaban J connectivity index is 1.63. The Morgan fingerprint density at radius 1 is 0.900 bits per heavy atom. The summed E-state index contributed by atoms with van der Waals surface area (Å²) in [5, 5.41) is 3.00. The number of carbonyl (C=O) groups is 1. The van der Waals surface area contributed by atoms with E-state index in [1.54, 1.807) is 0 Å². The summed E-state index contributed by atoms with van der Waals surface area (Å²) >= 11 is 0. The number of hydrogen-bond acceptors (Lipinski definition) is 4. The highest BCUT2D eigenvalue weighted by Crippen LogP contribution is 2.26. The topological polar surface area (TPSA) is 69.7 Å². The number of hydrogen-bond donors (Lipinski definition) is 1. The molecule has 7 heteroatoms. The number of sulfonamides is 1. The van der Waals surface area contributed by atoms with E-state index in [2.05, 4.69) is 5.32 Å². The van der Waals surface area contributed by atoms with Crippen LogP contribution in [0.3, 0.4) is 0 Å². The molecule has 30 heavy (non-hydrogen) atoms. The molecule has 0 unspecified atom stereocenters. The molecule has 0 aromatic heterocycles. The highest BCUT2D eigenvalue weighted by atomic mass is 32.2. The number of para-hydroxylation sites is 1. The van der Waals surface area contributed by atoms with Crippen molar-refractivity contribution in [3.63, 3.8) is 0 Å². The second kappa shape index (κ2) is 8.88. The van der Waals surface area contributed by atoms with Crippen molar-refractivity contribution in [1.29, 1.82) is 0 Å². The summed E-state index contributed by atoms with van der Waals surface area (Å²) < 4.78 is 28.0. The van der Waals surface area contributed by atoms with Gasteiger partial charge in [0.1, 0.15) is 0 Å². The van der Waals surface area contributed by atoms with E-state index >= 15 is 0 Å². The lowest BCUT2D eigenvalue weighted by Gasteiger charge is -2.34. The first-order valence-electron chi connectivity index (χ1n) is 10.3. The van der Waals surface area contributed by atoms with Crippen LogP contribution in [0.1, 0.15) is 27.8 Å². The van der Waals surface area contributed by atoms with Gasteiger partial charge >= 0.3 is 0 Å². The van der Waals surface area contributed by atoms with Crippen molar-refractivity contribution in [3.05, 3.63) is 58.1 Å². The molecule has 2 aromatic carbocycles. The molecule has 0 aliphatic carbocycles. The Hall–Kier alpha value is -2.22. The van der Waals surface area contributed by atoms with E-state index in [1.807, 2.05) is 69.9 Å². The molecule has 0 radical (unpaired) electrons. The van der Waals surface area contributed by atoms with Gasteiger partial charge in [0.25, 0.3) is 0 Å². The zero-order chi connectivity index (χ0) is 22.1. The van der Waals surface area contributed by atoms with E-state index in [-0.39, 0.29) is 12.5 Å². The summed E-state index contributed by atoms with van der Waals surface area (Å²) in [6.45, 7) is 11.7. The SMILES string of the molecule is Cc1cc(C)c(S(=O)(=O)N2CCN(CC(=O)Nc3c(C)cccc3C)CC2)c(C)c1. The Morgan fingerprint density at radius 2 is 1.43 bits per heavy atom. The molecule has 1 saturated heterocycles. The molecule has 1 heterocycles. The lowest BCUT2D eigenvalue weighted by Crippen LogP contribution is -2.50. The smallest absolute Gasteiger partial charge is 0.243 e. The van der Waals surface area contributed by atoms with Crippen LogP contribution >= 0.6 is 0 Å². The number of piperazine rings is 1. The minimum Gasteiger partial charge on any atom is -0.324 e. The van der Waals surface area contributed by atoms with Gasteiger partial charge in [-0.2, -0.15) is 4.31 Å². The Morgan fingerprint density at radius 3 is 1.97 bits per heavy atom. The van der Waals surface area contributed by atoms with E-state index in [0.29, 0.717) is 31.1 Å². The Bertz CT molecular complexity index is 1010. The fourth-order valence-electron chi connectivity index (χ4n) is 4.22. The summed E-state index contributed by atoms with van der Waals surface area (Å²) in [6, 6.07) is 9.74. The maximum Gasteiger partial charge on any atom is 0.243 e. The van der Waals surface area contributed by atoms with E-state index < -0.39 is 10.0 Å². The molecule has 1 amide bonds. The van der Waals surface area contributed by atoms with E-state index in [1.165, 1.54) is 4.31 Å². The Labute approximate surface area is 179 Å². The molecule has 6 nitrogen and oxygen atoms in total. The van der Waals surface area contributed by atoms with Crippen molar-refractivity contribution in [2.24, 2.45) is 0 Å². The summed E-state index contributed by atoms with van der Waals surface area (Å²) in [5.41, 5.74) is 5.54. The number of nitrogens with one attached hydrogen (secondary N) is 1. The molecule has 1 aliphatic rings. The minimum absolute atomic E-state index is 0.0751. The molecular weight excluding hydrogens is 398 g/mol. The molecule has 1 N–H and O–H groups in total. The molecule has 0 spiro atoms. The fourth-order valence-corrected chi connectivity index (χ4v) is 6.06. The van der Waals surface area contributed by atoms with Crippen LogP contribution in [0.2, 0.25) is 0 Å². The van der Waals surface area contributed by atoms with Gasteiger partial charge in [0.15, 0.2) is 0 Å². The maximum atomic E-state index is 13.2. The van der Waals surface area contributed by atoms with Gasteiger partial charge in [-0.1, -0.05) is 35.9 Å². The van der Waals surface area contributed by atoms with Gasteiger partial charge in [0, 0.05) is 31.9 Å². The van der Waals surface area contributed by atoms with Gasteiger partial charge in [-0.15, -0.1) is 0 Å². The summed E-state index contributed by atoms with van der Waals surface area (Å²) in [4.78, 5) is 14.9. The van der Waals surface area contributed by atoms with Crippen molar-refractivity contribution in [2.75, 3.05) is 38.0 Å². The first-order valence-corrected chi connectivity index (χ1v) is 11.7. The number of rotatable bonds is 5. The lowest BCUT2D eigenvalue weighted by atomic mass is 10.1. The van der Waals surface area contributed by atoms with Gasteiger partial charge in [0.05, 0.1) is 11.4 Å². The number of anilines is 1. The van der Waals surface area contributed by atoms with Crippen LogP contribution in [-0.4, -0.2) is 56.3 Å². The first-order chi connectivity index (χ1) is 14.1. The fraction of sp³-hybridized carbons (Fsp3) is 0.435. The van der Waals surface area contributed by atoms with Crippen LogP contribution in [0, 0.1) is 34.6 Å². The molecule has 0 atom stereocenters. The third kappa shape index (κ3) is 4.74. The van der Waals surface area contributed by atoms with Crippen LogP contribution in [0.4, 0.5) is 5.69 Å². The van der Waals surface area contributed by atoms with Gasteiger partial charge in [-0.3, -0.25) is 9.69 Å². The number of aryl methyl sites for hydroxylation is 5. The highest BCUT2D eigenvalue weighted by Gasteiger charge is 2.31. The van der Waals surface area contributed by atoms with Crippen molar-refractivity contribution >= 4 is 21.6 Å². The van der Waals surface area contributed by atoms with Crippen LogP contribution in [0.5, 0.6) is 0 Å². The minimum atomic E-state index is -3.55. The molecule has 0 saturated carbocycles. The van der Waals surface area contributed by atoms with E-state index in [4.69, 9.17) is 0 Å². The molecule has 2 aromatic rings. The number of benzene rings is 2. The average molecular weight is 430 g/mol. The van der Waals surface area contributed by atoms with Crippen LogP contribution in [0.15, 0.2) is 35.2 Å². The van der Waals surface area contributed by atoms with Crippen molar-refractivity contribution < 1.29 is 13.2 Å². The van der Waals surface area contributed by atoms with Gasteiger partial charge in [-0.25, -0.2) is 8.42 Å². The van der Waals surface area contributed by atoms with Crippen LogP contribution in [0.25, 0.3) is 0 Å². The predicted molar refractivity (Wildman–Crippen MR) is 120 cm³/mol. The molecule has 1 aliphatic heterocycles. The molecule has 1 fully saturated rings. The number of nitrogens with zero attached hydrogens (tertiary/aromatic N) is 2. The molecule has 3 rings (SSSR count). The van der Waals surface area contributed by atoms with Gasteiger partial charge in [0.2, 0.25) is 15.9 Å². The van der Waals surface area contributed by atoms with E-state index in [9.17, 15) is 13.2 Å². The molecular formula is C23H31N3O3S. The third-order valence-electron chi connectivity index (χ3n) is 5.65. The zero-order valence-corrected chi connectivity index (χ0v) is 19.3. The number of amides is 1. The number of carbonyl (C=O) groups excluding carboxylic acids is 1. The molecule has 0 bridgehead atoms. The highest BCUT2D eigenvalue weighted by molar-refractivity contribution is 7.89. The van der Waals surface area contributed by atoms with Crippen molar-refractivity contribution in [2.45, 2.75) is 39.5 Å².